The lowest BCUT2D eigenvalue weighted by molar-refractivity contribution is -0.274. The Morgan fingerprint density at radius 2 is 1.91 bits per heavy atom. The highest BCUT2D eigenvalue weighted by atomic mass is 35.5. The molecule has 2 aromatic carbocycles. The van der Waals surface area contributed by atoms with Crippen LogP contribution in [0.4, 0.5) is 35.0 Å². The number of carbonyl (C=O) groups excluding carboxylic acids is 2. The number of pyridine rings is 1. The second-order valence-corrected chi connectivity index (χ2v) is 11.6. The van der Waals surface area contributed by atoms with Crippen molar-refractivity contribution in [3.8, 4) is 23.0 Å². The number of amidine groups is 1. The van der Waals surface area contributed by atoms with E-state index >= 15 is 0 Å². The van der Waals surface area contributed by atoms with Crippen molar-refractivity contribution in [3.63, 3.8) is 0 Å². The minimum absolute atomic E-state index is 0.123. The second kappa shape index (κ2) is 12.8. The maximum atomic E-state index is 13.0. The summed E-state index contributed by atoms with van der Waals surface area (Å²) in [4.78, 5) is 41.7. The average molecular weight is 659 g/mol. The van der Waals surface area contributed by atoms with Gasteiger partial charge in [-0.2, -0.15) is 4.99 Å². The van der Waals surface area contributed by atoms with E-state index < -0.39 is 18.1 Å². The maximum absolute atomic E-state index is 13.0. The van der Waals surface area contributed by atoms with Crippen molar-refractivity contribution in [2.24, 2.45) is 4.99 Å². The predicted octanol–water partition coefficient (Wildman–Crippen LogP) is 6.74. The van der Waals surface area contributed by atoms with Gasteiger partial charge in [-0.15, -0.1) is 18.3 Å². The monoisotopic (exact) mass is 658 g/mol. The molecule has 3 amide bonds. The molecule has 1 N–H and O–H groups in total. The molecule has 0 atom stereocenters. The largest absolute Gasteiger partial charge is 0.573 e. The Balaban J connectivity index is 1.32. The Morgan fingerprint density at radius 1 is 1.13 bits per heavy atom. The molecule has 11 nitrogen and oxygen atoms in total. The van der Waals surface area contributed by atoms with Gasteiger partial charge in [0.15, 0.2) is 16.8 Å². The smallest absolute Gasteiger partial charge is 0.404 e. The molecule has 1 fully saturated rings. The number of halogens is 4. The third kappa shape index (κ3) is 7.37. The summed E-state index contributed by atoms with van der Waals surface area (Å²) in [6.45, 7) is 4.06. The van der Waals surface area contributed by atoms with E-state index in [0.717, 1.165) is 23.5 Å². The summed E-state index contributed by atoms with van der Waals surface area (Å²) in [5, 5.41) is 7.39. The normalized spacial score (nSPS) is 14.4. The number of aromatic nitrogens is 4. The zero-order valence-electron chi connectivity index (χ0n) is 24.3. The van der Waals surface area contributed by atoms with Crippen LogP contribution in [0.15, 0.2) is 66.0 Å². The molecule has 1 saturated heterocycles. The van der Waals surface area contributed by atoms with E-state index in [1.54, 1.807) is 18.2 Å². The molecule has 0 unspecified atom stereocenters. The summed E-state index contributed by atoms with van der Waals surface area (Å²) in [6, 6.07) is 12.3. The predicted molar refractivity (Wildman–Crippen MR) is 168 cm³/mol. The van der Waals surface area contributed by atoms with E-state index in [1.807, 2.05) is 51.0 Å². The minimum Gasteiger partial charge on any atom is -0.404 e. The molecule has 45 heavy (non-hydrogen) atoms. The summed E-state index contributed by atoms with van der Waals surface area (Å²) >= 11 is 7.64. The highest BCUT2D eigenvalue weighted by Crippen LogP contribution is 2.36. The van der Waals surface area contributed by atoms with Gasteiger partial charge in [-0.05, 0) is 53.9 Å². The summed E-state index contributed by atoms with van der Waals surface area (Å²) in [5.74, 6) is 0.0858. The van der Waals surface area contributed by atoms with Crippen LogP contribution < -0.4 is 19.9 Å². The Morgan fingerprint density at radius 3 is 2.56 bits per heavy atom. The molecular weight excluding hydrogens is 633 g/mol. The summed E-state index contributed by atoms with van der Waals surface area (Å²) < 4.78 is 42.3. The van der Waals surface area contributed by atoms with Crippen LogP contribution in [0.25, 0.3) is 17.2 Å². The molecule has 0 radical (unpaired) electrons. The molecule has 16 heteroatoms. The lowest BCUT2D eigenvalue weighted by atomic mass is 9.99. The minimum atomic E-state index is -4.83. The number of carbonyl (C=O) groups is 2. The van der Waals surface area contributed by atoms with E-state index in [1.165, 1.54) is 33.7 Å². The summed E-state index contributed by atoms with van der Waals surface area (Å²) in [5.41, 5.74) is 3.30. The van der Waals surface area contributed by atoms with Crippen molar-refractivity contribution in [1.29, 1.82) is 0 Å². The van der Waals surface area contributed by atoms with E-state index in [9.17, 15) is 22.8 Å². The molecule has 5 rings (SSSR count). The number of hydrogen-bond donors (Lipinski definition) is 1. The van der Waals surface area contributed by atoms with Crippen molar-refractivity contribution in [1.82, 2.24) is 19.7 Å². The van der Waals surface area contributed by atoms with Gasteiger partial charge in [0.25, 0.3) is 0 Å². The van der Waals surface area contributed by atoms with Crippen LogP contribution in [0, 0.1) is 0 Å². The Labute approximate surface area is 265 Å². The maximum Gasteiger partial charge on any atom is 0.573 e. The first-order valence-electron chi connectivity index (χ1n) is 13.4. The van der Waals surface area contributed by atoms with Gasteiger partial charge in [-0.25, -0.2) is 19.4 Å². The first-order valence-corrected chi connectivity index (χ1v) is 14.8. The van der Waals surface area contributed by atoms with Gasteiger partial charge in [-0.3, -0.25) is 9.69 Å². The van der Waals surface area contributed by atoms with Crippen LogP contribution >= 0.6 is 23.4 Å². The van der Waals surface area contributed by atoms with E-state index in [0.29, 0.717) is 11.3 Å². The van der Waals surface area contributed by atoms with Crippen LogP contribution in [0.3, 0.4) is 0 Å². The van der Waals surface area contributed by atoms with Crippen LogP contribution in [-0.2, 0) is 4.79 Å². The zero-order valence-corrected chi connectivity index (χ0v) is 25.9. The fourth-order valence-electron chi connectivity index (χ4n) is 4.37. The molecule has 1 aliphatic rings. The number of anilines is 3. The molecule has 0 saturated carbocycles. The molecule has 1 aliphatic heterocycles. The van der Waals surface area contributed by atoms with Crippen LogP contribution in [0.2, 0.25) is 5.02 Å². The van der Waals surface area contributed by atoms with Crippen molar-refractivity contribution >= 4 is 57.5 Å². The number of ether oxygens (including phenoxy) is 1. The quantitative estimate of drug-likeness (QED) is 0.232. The number of hydrogen-bond acceptors (Lipinski definition) is 8. The molecular formula is C29H26ClF3N8O3S. The topological polar surface area (TPSA) is 118 Å². The number of aliphatic imine (C=N–C) groups is 1. The lowest BCUT2D eigenvalue weighted by Crippen LogP contribution is -2.31. The fourth-order valence-corrected chi connectivity index (χ4v) is 5.45. The van der Waals surface area contributed by atoms with E-state index in [4.69, 9.17) is 11.6 Å². The Kier molecular flexibility index (Phi) is 9.02. The number of urea groups is 1. The summed E-state index contributed by atoms with van der Waals surface area (Å²) in [6.07, 6.45) is -2.57. The number of amides is 3. The highest BCUT2D eigenvalue weighted by molar-refractivity contribution is 8.15. The molecule has 0 aliphatic carbocycles. The van der Waals surface area contributed by atoms with Crippen LogP contribution in [0.1, 0.15) is 25.3 Å². The van der Waals surface area contributed by atoms with Crippen LogP contribution in [0.5, 0.6) is 5.75 Å². The lowest BCUT2D eigenvalue weighted by Gasteiger charge is -2.24. The fraction of sp³-hybridized carbons (Fsp3) is 0.241. The molecule has 3 heterocycles. The molecule has 2 aromatic heterocycles. The van der Waals surface area contributed by atoms with Gasteiger partial charge in [0, 0.05) is 25.3 Å². The third-order valence-corrected chi connectivity index (χ3v) is 7.74. The number of nitrogens with zero attached hydrogens (tertiary/aromatic N) is 7. The first-order chi connectivity index (χ1) is 21.3. The second-order valence-electron chi connectivity index (χ2n) is 10.2. The molecule has 4 aromatic rings. The number of nitrogens with one attached hydrogen (secondary N) is 1. The number of thioether (sulfide) groups is 1. The number of alkyl halides is 3. The SMILES string of the molecule is CC(C)c1ccc(N(C)C)cc1N1C(=O)CSC1=NC(=O)Nc1ccc(-c2ncn(-c3ccc(OC(F)(F)F)cn3)n2)cc1Cl. The van der Waals surface area contributed by atoms with Gasteiger partial charge in [-0.1, -0.05) is 43.3 Å². The van der Waals surface area contributed by atoms with Gasteiger partial charge < -0.3 is 15.0 Å². The number of rotatable bonds is 7. The molecule has 0 spiro atoms. The van der Waals surface area contributed by atoms with Crippen molar-refractivity contribution in [2.45, 2.75) is 26.1 Å². The van der Waals surface area contributed by atoms with Gasteiger partial charge >= 0.3 is 12.4 Å². The molecule has 234 valence electrons. The molecule has 0 bridgehead atoms. The van der Waals surface area contributed by atoms with E-state index in [-0.39, 0.29) is 45.1 Å². The van der Waals surface area contributed by atoms with Crippen molar-refractivity contribution < 1.29 is 27.5 Å². The Bertz CT molecular complexity index is 1780. The average Bonchev–Trinajstić information content (AvgIpc) is 3.60. The van der Waals surface area contributed by atoms with Crippen LogP contribution in [-0.4, -0.2) is 63.1 Å². The van der Waals surface area contributed by atoms with Crippen molar-refractivity contribution in [3.05, 3.63) is 71.6 Å². The van der Waals surface area contributed by atoms with Gasteiger partial charge in [0.05, 0.1) is 28.3 Å². The third-order valence-electron chi connectivity index (χ3n) is 6.51. The van der Waals surface area contributed by atoms with E-state index in [2.05, 4.69) is 30.1 Å². The first kappa shape index (κ1) is 31.8. The zero-order chi connectivity index (χ0) is 32.5. The Hall–Kier alpha value is -4.63. The van der Waals surface area contributed by atoms with Gasteiger partial charge in [0.2, 0.25) is 5.91 Å². The van der Waals surface area contributed by atoms with Crippen molar-refractivity contribution in [2.75, 3.05) is 35.0 Å². The standard InChI is InChI=1S/C29H26ClF3N8O3S/c1-16(2)20-8-6-18(39(3)4)12-23(20)41-25(42)14-45-28(41)37-27(43)36-22-9-5-17(11-21(22)30)26-35-15-40(38-26)24-10-7-19(13-34-24)44-29(31,32)33/h5-13,15-16H,14H2,1-4H3,(H,36,43). The highest BCUT2D eigenvalue weighted by Gasteiger charge is 2.33. The summed E-state index contributed by atoms with van der Waals surface area (Å²) in [7, 11) is 3.81. The van der Waals surface area contributed by atoms with Gasteiger partial charge in [0.1, 0.15) is 12.1 Å². The number of benzene rings is 2.